The van der Waals surface area contributed by atoms with E-state index in [1.54, 1.807) is 35.2 Å². The minimum atomic E-state index is -0.204. The number of phenolic OH excluding ortho intramolecular Hbond substituents is 1. The maximum atomic E-state index is 15.1. The number of carbonyl (C=O) groups excluding carboxylic acids is 2. The van der Waals surface area contributed by atoms with Gasteiger partial charge in [-0.15, -0.1) is 12.4 Å². The molecule has 4 aliphatic rings. The number of aromatic hydroxyl groups is 1. The Morgan fingerprint density at radius 2 is 1.61 bits per heavy atom. The Hall–Kier alpha value is -5.00. The summed E-state index contributed by atoms with van der Waals surface area (Å²) in [5, 5.41) is 10.7. The molecule has 9 rings (SSSR count). The largest absolute Gasteiger partial charge is 0.508 e. The highest BCUT2D eigenvalue weighted by atomic mass is 35.5. The van der Waals surface area contributed by atoms with Gasteiger partial charge in [0.15, 0.2) is 0 Å². The van der Waals surface area contributed by atoms with Crippen molar-refractivity contribution in [1.82, 2.24) is 14.4 Å². The molecule has 10 nitrogen and oxygen atoms in total. The highest BCUT2D eigenvalue weighted by Gasteiger charge is 2.35. The number of fused-ring (bicyclic) bond motifs is 3. The fourth-order valence-electron chi connectivity index (χ4n) is 8.82. The van der Waals surface area contributed by atoms with E-state index in [1.807, 2.05) is 54.4 Å². The zero-order chi connectivity index (χ0) is 38.3. The van der Waals surface area contributed by atoms with Crippen molar-refractivity contribution in [3.05, 3.63) is 124 Å². The van der Waals surface area contributed by atoms with Gasteiger partial charge in [0, 0.05) is 85.1 Å². The van der Waals surface area contributed by atoms with Gasteiger partial charge < -0.3 is 28.9 Å². The summed E-state index contributed by atoms with van der Waals surface area (Å²) < 4.78 is 13.9. The van der Waals surface area contributed by atoms with E-state index in [-0.39, 0.29) is 36.0 Å². The van der Waals surface area contributed by atoms with Gasteiger partial charge in [-0.3, -0.25) is 19.4 Å². The van der Waals surface area contributed by atoms with Crippen LogP contribution in [-0.2, 0) is 30.7 Å². The summed E-state index contributed by atoms with van der Waals surface area (Å²) in [6, 6.07) is 28.4. The quantitative estimate of drug-likeness (QED) is 0.179. The van der Waals surface area contributed by atoms with E-state index in [9.17, 15) is 5.11 Å². The summed E-state index contributed by atoms with van der Waals surface area (Å²) in [5.74, 6) is 0.572. The molecule has 1 N–H and O–H groups in total. The number of carbonyl (C=O) groups is 2. The maximum Gasteiger partial charge on any atom is 0.264 e. The number of likely N-dealkylation sites (N-methyl/N-ethyl adjacent to an activating group) is 1. The number of benzene rings is 4. The third-order valence-electron chi connectivity index (χ3n) is 11.8. The van der Waals surface area contributed by atoms with Gasteiger partial charge >= 0.3 is 0 Å². The van der Waals surface area contributed by atoms with Crippen molar-refractivity contribution >= 4 is 52.9 Å². The third kappa shape index (κ3) is 7.59. The van der Waals surface area contributed by atoms with Crippen LogP contribution in [0, 0.1) is 0 Å². The molecular formula is C45H47Cl2N5O5. The van der Waals surface area contributed by atoms with Gasteiger partial charge in [0.2, 0.25) is 0 Å². The molecule has 0 radical (unpaired) electrons. The summed E-state index contributed by atoms with van der Waals surface area (Å²) in [5.41, 5.74) is 8.27. The van der Waals surface area contributed by atoms with Crippen molar-refractivity contribution in [1.29, 1.82) is 0 Å². The molecule has 4 aliphatic heterocycles. The molecule has 2 amide bonds. The fourth-order valence-corrected chi connectivity index (χ4v) is 8.99. The summed E-state index contributed by atoms with van der Waals surface area (Å²) >= 11 is 6.76. The number of amides is 2. The molecule has 1 saturated heterocycles. The predicted molar refractivity (Wildman–Crippen MR) is 226 cm³/mol. The summed E-state index contributed by atoms with van der Waals surface area (Å²) in [4.78, 5) is 38.5. The van der Waals surface area contributed by atoms with Gasteiger partial charge in [0.05, 0.1) is 36.7 Å². The zero-order valence-corrected chi connectivity index (χ0v) is 33.6. The molecule has 296 valence electrons. The monoisotopic (exact) mass is 807 g/mol. The highest BCUT2D eigenvalue weighted by Crippen LogP contribution is 2.41. The number of ether oxygens (including phenoxy) is 2. The van der Waals surface area contributed by atoms with Crippen LogP contribution in [0.25, 0.3) is 11.3 Å². The van der Waals surface area contributed by atoms with Crippen molar-refractivity contribution in [2.75, 3.05) is 62.8 Å². The van der Waals surface area contributed by atoms with Crippen LogP contribution < -0.4 is 14.5 Å². The summed E-state index contributed by atoms with van der Waals surface area (Å²) in [6.45, 7) is 6.41. The normalized spacial score (nSPS) is 17.8. The number of nitrogens with zero attached hydrogens (tertiary/aromatic N) is 5. The molecule has 5 heterocycles. The Kier molecular flexibility index (Phi) is 11.2. The standard InChI is InChI=1S/C45H46ClN5O5.ClH/c1-47-18-23-56-43-26-34(12-16-41(43)47)51(33-10-13-36(52)14-11-33)45(54)39-27-42(49-17-5-4-8-40(39)49)38-25-32(46)9-15-37(38)44(53)50-28-31-7-3-2-6-30(31)24-35(50)29-48-19-21-55-22-20-48;/h2-3,6-7,9-16,25-27,35,52H,4-5,8,17-24,28-29H2,1H3;1H/t35-;/m0./s1. The minimum Gasteiger partial charge on any atom is -0.508 e. The predicted octanol–water partition coefficient (Wildman–Crippen LogP) is 7.98. The van der Waals surface area contributed by atoms with Gasteiger partial charge in [-0.2, -0.15) is 0 Å². The van der Waals surface area contributed by atoms with Gasteiger partial charge in [-0.05, 0) is 97.5 Å². The number of phenols is 1. The highest BCUT2D eigenvalue weighted by molar-refractivity contribution is 6.31. The molecule has 0 unspecified atom stereocenters. The minimum absolute atomic E-state index is 0. The van der Waals surface area contributed by atoms with Crippen molar-refractivity contribution in [2.24, 2.45) is 0 Å². The molecule has 1 fully saturated rings. The number of hydrogen-bond donors (Lipinski definition) is 1. The lowest BCUT2D eigenvalue weighted by Crippen LogP contribution is -2.52. The number of hydrogen-bond acceptors (Lipinski definition) is 7. The summed E-state index contributed by atoms with van der Waals surface area (Å²) in [7, 11) is 2.03. The first kappa shape index (κ1) is 38.9. The number of anilines is 3. The molecule has 57 heavy (non-hydrogen) atoms. The van der Waals surface area contributed by atoms with Crippen LogP contribution in [0.3, 0.4) is 0 Å². The number of rotatable bonds is 7. The molecule has 0 aliphatic carbocycles. The Morgan fingerprint density at radius 1 is 0.842 bits per heavy atom. The van der Waals surface area contributed by atoms with E-state index in [1.165, 1.54) is 5.56 Å². The number of morpholine rings is 1. The first-order chi connectivity index (χ1) is 27.3. The second-order valence-electron chi connectivity index (χ2n) is 15.2. The zero-order valence-electron chi connectivity index (χ0n) is 32.0. The first-order valence-electron chi connectivity index (χ1n) is 19.6. The van der Waals surface area contributed by atoms with Crippen LogP contribution in [0.15, 0.2) is 91.0 Å². The van der Waals surface area contributed by atoms with Crippen molar-refractivity contribution < 1.29 is 24.2 Å². The Morgan fingerprint density at radius 3 is 2.42 bits per heavy atom. The average Bonchev–Trinajstić information content (AvgIpc) is 3.61. The van der Waals surface area contributed by atoms with Gasteiger partial charge in [-0.1, -0.05) is 35.9 Å². The third-order valence-corrected chi connectivity index (χ3v) is 12.0. The molecule has 1 atom stereocenters. The maximum absolute atomic E-state index is 15.1. The van der Waals surface area contributed by atoms with E-state index in [0.29, 0.717) is 66.2 Å². The van der Waals surface area contributed by atoms with E-state index in [2.05, 4.69) is 32.6 Å². The molecule has 5 aromatic rings. The lowest BCUT2D eigenvalue weighted by atomic mass is 9.92. The first-order valence-corrected chi connectivity index (χ1v) is 20.0. The lowest BCUT2D eigenvalue weighted by molar-refractivity contribution is 0.0193. The molecular weight excluding hydrogens is 761 g/mol. The van der Waals surface area contributed by atoms with E-state index in [4.69, 9.17) is 21.1 Å². The molecule has 1 aromatic heterocycles. The van der Waals surface area contributed by atoms with Gasteiger partial charge in [0.25, 0.3) is 11.8 Å². The van der Waals surface area contributed by atoms with Crippen molar-refractivity contribution in [3.8, 4) is 22.8 Å². The topological polar surface area (TPSA) is 90.7 Å². The fraction of sp³-hybridized carbons (Fsp3) is 0.333. The average molecular weight is 809 g/mol. The van der Waals surface area contributed by atoms with Crippen LogP contribution in [-0.4, -0.2) is 90.4 Å². The van der Waals surface area contributed by atoms with E-state index in [0.717, 1.165) is 80.1 Å². The molecule has 4 aromatic carbocycles. The number of halogens is 2. The van der Waals surface area contributed by atoms with Crippen LogP contribution >= 0.6 is 24.0 Å². The Labute approximate surface area is 344 Å². The van der Waals surface area contributed by atoms with E-state index >= 15 is 9.59 Å². The van der Waals surface area contributed by atoms with Crippen LogP contribution in [0.1, 0.15) is 50.4 Å². The second-order valence-corrected chi connectivity index (χ2v) is 15.7. The Balaban J connectivity index is 0.00000455. The molecule has 0 saturated carbocycles. The molecule has 0 spiro atoms. The SMILES string of the molecule is CN1CCOc2cc(N(C(=O)c3cc(-c4cc(Cl)ccc4C(=O)N4Cc5ccccc5C[C@H]4CN4CCOCC4)n4c3CCCC4)c3ccc(O)cc3)ccc21.Cl. The van der Waals surface area contributed by atoms with Crippen LogP contribution in [0.4, 0.5) is 17.1 Å². The van der Waals surface area contributed by atoms with Crippen molar-refractivity contribution in [3.63, 3.8) is 0 Å². The van der Waals surface area contributed by atoms with Gasteiger partial charge in [0.1, 0.15) is 18.1 Å². The van der Waals surface area contributed by atoms with E-state index < -0.39 is 0 Å². The van der Waals surface area contributed by atoms with Crippen molar-refractivity contribution in [2.45, 2.75) is 44.8 Å². The van der Waals surface area contributed by atoms with Gasteiger partial charge in [-0.25, -0.2) is 0 Å². The molecule has 12 heteroatoms. The smallest absolute Gasteiger partial charge is 0.264 e. The Bertz CT molecular complexity index is 2290. The summed E-state index contributed by atoms with van der Waals surface area (Å²) in [6.07, 6.45) is 3.39. The van der Waals surface area contributed by atoms with Crippen LogP contribution in [0.5, 0.6) is 11.5 Å². The number of aromatic nitrogens is 1. The molecule has 0 bridgehead atoms. The lowest BCUT2D eigenvalue weighted by Gasteiger charge is -2.40. The van der Waals surface area contributed by atoms with Crippen LogP contribution in [0.2, 0.25) is 5.02 Å². The second kappa shape index (κ2) is 16.5.